The first kappa shape index (κ1) is 16.8. The summed E-state index contributed by atoms with van der Waals surface area (Å²) in [5.74, 6) is 0.740. The fraction of sp³-hybridized carbons (Fsp3) is 0.556. The Kier molecular flexibility index (Phi) is 5.04. The zero-order valence-electron chi connectivity index (χ0n) is 14.7. The molecule has 3 rings (SSSR count). The van der Waals surface area contributed by atoms with Gasteiger partial charge in [-0.05, 0) is 44.0 Å². The number of hydrogen-bond donors (Lipinski definition) is 0. The van der Waals surface area contributed by atoms with Crippen LogP contribution in [0.25, 0.3) is 0 Å². The first-order chi connectivity index (χ1) is 11.6. The molecule has 0 radical (unpaired) electrons. The molecule has 0 unspecified atom stereocenters. The van der Waals surface area contributed by atoms with Crippen LogP contribution in [0, 0.1) is 5.92 Å². The zero-order valence-corrected chi connectivity index (χ0v) is 14.7. The normalized spacial score (nSPS) is 21.8. The van der Waals surface area contributed by atoms with Crippen molar-refractivity contribution in [3.05, 3.63) is 42.1 Å². The third kappa shape index (κ3) is 3.38. The Bertz CT molecular complexity index is 664. The van der Waals surface area contributed by atoms with Gasteiger partial charge in [-0.25, -0.2) is 0 Å². The van der Waals surface area contributed by atoms with Crippen LogP contribution in [-0.4, -0.2) is 52.2 Å². The second-order valence-corrected chi connectivity index (χ2v) is 6.59. The number of rotatable bonds is 5. The van der Waals surface area contributed by atoms with Gasteiger partial charge in [0.15, 0.2) is 5.76 Å². The van der Waals surface area contributed by atoms with Crippen LogP contribution in [0.4, 0.5) is 0 Å². The van der Waals surface area contributed by atoms with Crippen LogP contribution >= 0.6 is 0 Å². The summed E-state index contributed by atoms with van der Waals surface area (Å²) in [6.07, 6.45) is 7.88. The number of furan rings is 1. The van der Waals surface area contributed by atoms with Gasteiger partial charge in [0.05, 0.1) is 12.5 Å². The van der Waals surface area contributed by atoms with E-state index in [1.165, 1.54) is 5.56 Å². The van der Waals surface area contributed by atoms with E-state index in [0.29, 0.717) is 17.7 Å². The van der Waals surface area contributed by atoms with Crippen LogP contribution in [0.3, 0.4) is 0 Å². The highest BCUT2D eigenvalue weighted by Gasteiger charge is 2.34. The standard InChI is InChI=1S/C18H26N4O2/c1-4-22-9-5-7-14(17(22)15-11-19-21(3)13-15)12-20(2)18(23)16-8-6-10-24-16/h6,8,10-11,13-14,17H,4-5,7,9,12H2,1-3H3/t14-,17+/m0/s1. The van der Waals surface area contributed by atoms with Crippen LogP contribution in [0.5, 0.6) is 0 Å². The average molecular weight is 330 g/mol. The molecular formula is C18H26N4O2. The molecule has 2 aromatic rings. The molecule has 24 heavy (non-hydrogen) atoms. The van der Waals surface area contributed by atoms with Crippen molar-refractivity contribution in [1.29, 1.82) is 0 Å². The van der Waals surface area contributed by atoms with E-state index in [1.54, 1.807) is 23.3 Å². The van der Waals surface area contributed by atoms with E-state index in [-0.39, 0.29) is 5.91 Å². The van der Waals surface area contributed by atoms with Gasteiger partial charge in [-0.15, -0.1) is 0 Å². The van der Waals surface area contributed by atoms with Crippen molar-refractivity contribution in [3.8, 4) is 0 Å². The molecule has 130 valence electrons. The van der Waals surface area contributed by atoms with E-state index in [2.05, 4.69) is 23.1 Å². The van der Waals surface area contributed by atoms with Crippen LogP contribution < -0.4 is 0 Å². The summed E-state index contributed by atoms with van der Waals surface area (Å²) in [5.41, 5.74) is 1.24. The van der Waals surface area contributed by atoms with Crippen molar-refractivity contribution in [2.45, 2.75) is 25.8 Å². The van der Waals surface area contributed by atoms with Gasteiger partial charge >= 0.3 is 0 Å². The Labute approximate surface area is 143 Å². The molecule has 0 aliphatic carbocycles. The molecule has 2 atom stereocenters. The number of amides is 1. The number of aryl methyl sites for hydroxylation is 1. The van der Waals surface area contributed by atoms with Crippen molar-refractivity contribution < 1.29 is 9.21 Å². The fourth-order valence-electron chi connectivity index (χ4n) is 3.80. The summed E-state index contributed by atoms with van der Waals surface area (Å²) in [5, 5.41) is 4.34. The Hall–Kier alpha value is -2.08. The third-order valence-electron chi connectivity index (χ3n) is 4.92. The van der Waals surface area contributed by atoms with Crippen molar-refractivity contribution >= 4 is 5.91 Å². The molecule has 0 N–H and O–H groups in total. The summed E-state index contributed by atoms with van der Waals surface area (Å²) in [7, 11) is 3.81. The maximum absolute atomic E-state index is 12.5. The zero-order chi connectivity index (χ0) is 17.1. The van der Waals surface area contributed by atoms with E-state index in [4.69, 9.17) is 4.42 Å². The number of likely N-dealkylation sites (tertiary alicyclic amines) is 1. The Morgan fingerprint density at radius 1 is 1.50 bits per heavy atom. The molecule has 3 heterocycles. The molecule has 1 aliphatic rings. The quantitative estimate of drug-likeness (QED) is 0.845. The van der Waals surface area contributed by atoms with E-state index >= 15 is 0 Å². The van der Waals surface area contributed by atoms with Crippen molar-refractivity contribution in [3.63, 3.8) is 0 Å². The van der Waals surface area contributed by atoms with Crippen LogP contribution in [0.1, 0.15) is 41.9 Å². The number of nitrogens with zero attached hydrogens (tertiary/aromatic N) is 4. The van der Waals surface area contributed by atoms with Gasteiger partial charge in [0.1, 0.15) is 0 Å². The van der Waals surface area contributed by atoms with Gasteiger partial charge in [0.2, 0.25) is 0 Å². The monoisotopic (exact) mass is 330 g/mol. The van der Waals surface area contributed by atoms with Gasteiger partial charge in [0.25, 0.3) is 5.91 Å². The molecule has 1 fully saturated rings. The van der Waals surface area contributed by atoms with Gasteiger partial charge in [-0.1, -0.05) is 6.92 Å². The largest absolute Gasteiger partial charge is 0.459 e. The summed E-state index contributed by atoms with van der Waals surface area (Å²) in [4.78, 5) is 16.8. The molecule has 0 aromatic carbocycles. The first-order valence-electron chi connectivity index (χ1n) is 8.61. The van der Waals surface area contributed by atoms with Gasteiger partial charge < -0.3 is 9.32 Å². The van der Waals surface area contributed by atoms with Gasteiger partial charge in [-0.2, -0.15) is 5.10 Å². The van der Waals surface area contributed by atoms with Gasteiger partial charge in [-0.3, -0.25) is 14.4 Å². The van der Waals surface area contributed by atoms with Crippen LogP contribution in [-0.2, 0) is 7.05 Å². The lowest BCUT2D eigenvalue weighted by Crippen LogP contribution is -2.43. The van der Waals surface area contributed by atoms with Crippen LogP contribution in [0.2, 0.25) is 0 Å². The molecule has 1 aliphatic heterocycles. The maximum atomic E-state index is 12.5. The number of aromatic nitrogens is 2. The number of piperidine rings is 1. The first-order valence-corrected chi connectivity index (χ1v) is 8.61. The van der Waals surface area contributed by atoms with E-state index < -0.39 is 0 Å². The Morgan fingerprint density at radius 2 is 2.33 bits per heavy atom. The average Bonchev–Trinajstić information content (AvgIpc) is 3.25. The topological polar surface area (TPSA) is 54.5 Å². The van der Waals surface area contributed by atoms with E-state index in [9.17, 15) is 4.79 Å². The highest BCUT2D eigenvalue weighted by atomic mass is 16.3. The van der Waals surface area contributed by atoms with E-state index in [0.717, 1.165) is 32.5 Å². The summed E-state index contributed by atoms with van der Waals surface area (Å²) >= 11 is 0. The SMILES string of the molecule is CCN1CCC[C@@H](CN(C)C(=O)c2ccco2)[C@@H]1c1cnn(C)c1. The second-order valence-electron chi connectivity index (χ2n) is 6.59. The van der Waals surface area contributed by atoms with Crippen LogP contribution in [0.15, 0.2) is 35.2 Å². The number of hydrogen-bond acceptors (Lipinski definition) is 4. The highest BCUT2D eigenvalue weighted by molar-refractivity contribution is 5.91. The summed E-state index contributed by atoms with van der Waals surface area (Å²) in [6, 6.07) is 3.78. The molecular weight excluding hydrogens is 304 g/mol. The minimum absolute atomic E-state index is 0.0569. The predicted molar refractivity (Wildman–Crippen MR) is 91.6 cm³/mol. The molecule has 0 spiro atoms. The lowest BCUT2D eigenvalue weighted by molar-refractivity contribution is 0.0567. The molecule has 1 amide bonds. The molecule has 0 saturated carbocycles. The number of carbonyl (C=O) groups excluding carboxylic acids is 1. The Balaban J connectivity index is 1.77. The smallest absolute Gasteiger partial charge is 0.289 e. The van der Waals surface area contributed by atoms with Crippen molar-refractivity contribution in [2.75, 3.05) is 26.7 Å². The second kappa shape index (κ2) is 7.21. The molecule has 6 heteroatoms. The third-order valence-corrected chi connectivity index (χ3v) is 4.92. The van der Waals surface area contributed by atoms with Gasteiger partial charge in [0, 0.05) is 38.4 Å². The fourth-order valence-corrected chi connectivity index (χ4v) is 3.80. The minimum atomic E-state index is -0.0569. The predicted octanol–water partition coefficient (Wildman–Crippen LogP) is 2.56. The summed E-state index contributed by atoms with van der Waals surface area (Å²) in [6.45, 7) is 5.02. The van der Waals surface area contributed by atoms with E-state index in [1.807, 2.05) is 25.0 Å². The lowest BCUT2D eigenvalue weighted by Gasteiger charge is -2.41. The molecule has 0 bridgehead atoms. The summed E-state index contributed by atoms with van der Waals surface area (Å²) < 4.78 is 7.10. The van der Waals surface area contributed by atoms with Crippen molar-refractivity contribution in [2.24, 2.45) is 13.0 Å². The Morgan fingerprint density at radius 3 is 2.96 bits per heavy atom. The highest BCUT2D eigenvalue weighted by Crippen LogP contribution is 2.36. The minimum Gasteiger partial charge on any atom is -0.459 e. The lowest BCUT2D eigenvalue weighted by atomic mass is 9.85. The van der Waals surface area contributed by atoms with Crippen molar-refractivity contribution in [1.82, 2.24) is 19.6 Å². The maximum Gasteiger partial charge on any atom is 0.289 e. The molecule has 1 saturated heterocycles. The molecule has 6 nitrogen and oxygen atoms in total. The number of carbonyl (C=O) groups is 1. The molecule has 2 aromatic heterocycles.